The average molecular weight is 276 g/mol. The van der Waals surface area contributed by atoms with E-state index in [1.165, 1.54) is 12.8 Å². The summed E-state index contributed by atoms with van der Waals surface area (Å²) >= 11 is 0. The molecule has 4 nitrogen and oxygen atoms in total. The van der Waals surface area contributed by atoms with Gasteiger partial charge in [0.1, 0.15) is 11.5 Å². The number of urea groups is 1. The molecule has 2 unspecified atom stereocenters. The van der Waals surface area contributed by atoms with Crippen LogP contribution in [-0.4, -0.2) is 23.0 Å². The monoisotopic (exact) mass is 276 g/mol. The second kappa shape index (κ2) is 5.15. The summed E-state index contributed by atoms with van der Waals surface area (Å²) in [7, 11) is 0. The van der Waals surface area contributed by atoms with Crippen molar-refractivity contribution in [2.45, 2.75) is 64.6 Å². The Kier molecular flexibility index (Phi) is 3.48. The van der Waals surface area contributed by atoms with Gasteiger partial charge in [-0.15, -0.1) is 0 Å². The summed E-state index contributed by atoms with van der Waals surface area (Å²) in [6.07, 6.45) is 4.84. The molecule has 4 heteroatoms. The minimum absolute atomic E-state index is 0.0634. The lowest BCUT2D eigenvalue weighted by atomic mass is 10.2. The Morgan fingerprint density at radius 2 is 2.00 bits per heavy atom. The van der Waals surface area contributed by atoms with Crippen LogP contribution in [0.25, 0.3) is 0 Å². The fraction of sp³-hybridized carbons (Fsp3) is 0.688. The molecule has 2 fully saturated rings. The summed E-state index contributed by atoms with van der Waals surface area (Å²) in [5.41, 5.74) is 0. The van der Waals surface area contributed by atoms with Crippen LogP contribution in [0.1, 0.15) is 57.1 Å². The average Bonchev–Trinajstić information content (AvgIpc) is 3.29. The largest absolute Gasteiger partial charge is 0.464 e. The van der Waals surface area contributed by atoms with E-state index in [2.05, 4.69) is 17.1 Å². The second-order valence-corrected chi connectivity index (χ2v) is 6.34. The van der Waals surface area contributed by atoms with Gasteiger partial charge in [-0.3, -0.25) is 0 Å². The summed E-state index contributed by atoms with van der Waals surface area (Å²) < 4.78 is 5.59. The van der Waals surface area contributed by atoms with Crippen molar-refractivity contribution in [2.75, 3.05) is 0 Å². The zero-order valence-corrected chi connectivity index (χ0v) is 12.6. The standard InChI is InChI=1S/C16H24N2O2/c1-10-4-9-15(20-10)11(2)17-16(19)18(14-7-8-14)12(3)13-5-6-13/h4,9,11-14H,5-8H2,1-3H3,(H,17,19). The Morgan fingerprint density at radius 3 is 2.50 bits per heavy atom. The molecule has 1 heterocycles. The molecule has 1 aromatic rings. The highest BCUT2D eigenvalue weighted by Gasteiger charge is 2.42. The maximum Gasteiger partial charge on any atom is 0.318 e. The molecule has 2 saturated carbocycles. The number of aryl methyl sites for hydroxylation is 1. The summed E-state index contributed by atoms with van der Waals surface area (Å²) in [6.45, 7) is 6.09. The van der Waals surface area contributed by atoms with Crippen LogP contribution in [-0.2, 0) is 0 Å². The van der Waals surface area contributed by atoms with E-state index in [0.29, 0.717) is 18.0 Å². The van der Waals surface area contributed by atoms with Crippen LogP contribution in [0.3, 0.4) is 0 Å². The molecule has 0 aliphatic heterocycles. The summed E-state index contributed by atoms with van der Waals surface area (Å²) in [6, 6.07) is 4.68. The molecular formula is C16H24N2O2. The molecule has 20 heavy (non-hydrogen) atoms. The van der Waals surface area contributed by atoms with Crippen molar-refractivity contribution in [1.82, 2.24) is 10.2 Å². The van der Waals surface area contributed by atoms with E-state index in [4.69, 9.17) is 4.42 Å². The number of carbonyl (C=O) groups excluding carboxylic acids is 1. The predicted octanol–water partition coefficient (Wildman–Crippen LogP) is 3.62. The van der Waals surface area contributed by atoms with E-state index in [9.17, 15) is 4.79 Å². The van der Waals surface area contributed by atoms with Crippen molar-refractivity contribution >= 4 is 6.03 Å². The zero-order chi connectivity index (χ0) is 14.3. The number of furan rings is 1. The van der Waals surface area contributed by atoms with Crippen LogP contribution >= 0.6 is 0 Å². The molecule has 0 spiro atoms. The molecule has 2 aliphatic carbocycles. The lowest BCUT2D eigenvalue weighted by Gasteiger charge is -2.30. The number of nitrogens with zero attached hydrogens (tertiary/aromatic N) is 1. The SMILES string of the molecule is Cc1ccc(C(C)NC(=O)N(C2CC2)C(C)C2CC2)o1. The number of amides is 2. The first-order valence-electron chi connectivity index (χ1n) is 7.71. The Morgan fingerprint density at radius 1 is 1.30 bits per heavy atom. The molecular weight excluding hydrogens is 252 g/mol. The number of nitrogens with one attached hydrogen (secondary N) is 1. The first kappa shape index (κ1) is 13.5. The van der Waals surface area contributed by atoms with Gasteiger partial charge in [0.05, 0.1) is 6.04 Å². The quantitative estimate of drug-likeness (QED) is 0.892. The van der Waals surface area contributed by atoms with Gasteiger partial charge in [0.15, 0.2) is 0 Å². The highest BCUT2D eigenvalue weighted by molar-refractivity contribution is 5.75. The molecule has 0 radical (unpaired) electrons. The van der Waals surface area contributed by atoms with Gasteiger partial charge in [0.2, 0.25) is 0 Å². The van der Waals surface area contributed by atoms with Crippen molar-refractivity contribution in [3.63, 3.8) is 0 Å². The summed E-state index contributed by atoms with van der Waals surface area (Å²) in [5.74, 6) is 2.42. The molecule has 2 atom stereocenters. The van der Waals surface area contributed by atoms with E-state index in [1.54, 1.807) is 0 Å². The van der Waals surface area contributed by atoms with E-state index in [1.807, 2.05) is 26.0 Å². The number of hydrogen-bond donors (Lipinski definition) is 1. The van der Waals surface area contributed by atoms with Gasteiger partial charge in [-0.2, -0.15) is 0 Å². The highest BCUT2D eigenvalue weighted by atomic mass is 16.3. The molecule has 1 N–H and O–H groups in total. The zero-order valence-electron chi connectivity index (χ0n) is 12.6. The number of carbonyl (C=O) groups is 1. The van der Waals surface area contributed by atoms with Crippen molar-refractivity contribution in [1.29, 1.82) is 0 Å². The van der Waals surface area contributed by atoms with Gasteiger partial charge >= 0.3 is 6.03 Å². The van der Waals surface area contributed by atoms with Gasteiger partial charge in [-0.05, 0) is 64.5 Å². The minimum atomic E-state index is -0.0798. The molecule has 0 aromatic carbocycles. The second-order valence-electron chi connectivity index (χ2n) is 6.34. The molecule has 110 valence electrons. The first-order chi connectivity index (χ1) is 9.56. The lowest BCUT2D eigenvalue weighted by Crippen LogP contribution is -2.47. The molecule has 0 bridgehead atoms. The van der Waals surface area contributed by atoms with Crippen LogP contribution in [0.5, 0.6) is 0 Å². The van der Waals surface area contributed by atoms with Crippen LogP contribution in [0.15, 0.2) is 16.5 Å². The number of rotatable bonds is 5. The molecule has 0 saturated heterocycles. The van der Waals surface area contributed by atoms with Gasteiger partial charge in [0, 0.05) is 12.1 Å². The van der Waals surface area contributed by atoms with Gasteiger partial charge in [-0.1, -0.05) is 0 Å². The van der Waals surface area contributed by atoms with Crippen LogP contribution in [0, 0.1) is 12.8 Å². The maximum atomic E-state index is 12.6. The van der Waals surface area contributed by atoms with E-state index in [0.717, 1.165) is 24.4 Å². The van der Waals surface area contributed by atoms with E-state index >= 15 is 0 Å². The lowest BCUT2D eigenvalue weighted by molar-refractivity contribution is 0.163. The highest BCUT2D eigenvalue weighted by Crippen LogP contribution is 2.39. The Bertz CT molecular complexity index is 488. The fourth-order valence-corrected chi connectivity index (χ4v) is 2.86. The van der Waals surface area contributed by atoms with Crippen LogP contribution < -0.4 is 5.32 Å². The van der Waals surface area contributed by atoms with Gasteiger partial charge in [-0.25, -0.2) is 4.79 Å². The summed E-state index contributed by atoms with van der Waals surface area (Å²) in [4.78, 5) is 14.6. The number of hydrogen-bond acceptors (Lipinski definition) is 2. The first-order valence-corrected chi connectivity index (χ1v) is 7.71. The maximum absolute atomic E-state index is 12.6. The van der Waals surface area contributed by atoms with Crippen molar-refractivity contribution < 1.29 is 9.21 Å². The van der Waals surface area contributed by atoms with Crippen LogP contribution in [0.4, 0.5) is 4.79 Å². The van der Waals surface area contributed by atoms with Crippen LogP contribution in [0.2, 0.25) is 0 Å². The minimum Gasteiger partial charge on any atom is -0.464 e. The van der Waals surface area contributed by atoms with Crippen molar-refractivity contribution in [2.24, 2.45) is 5.92 Å². The van der Waals surface area contributed by atoms with Gasteiger partial charge < -0.3 is 14.6 Å². The topological polar surface area (TPSA) is 45.5 Å². The molecule has 1 aromatic heterocycles. The molecule has 3 rings (SSSR count). The molecule has 2 aliphatic rings. The Hall–Kier alpha value is -1.45. The van der Waals surface area contributed by atoms with Crippen molar-refractivity contribution in [3.05, 3.63) is 23.7 Å². The normalized spacial score (nSPS) is 21.4. The smallest absolute Gasteiger partial charge is 0.318 e. The third kappa shape index (κ3) is 2.84. The predicted molar refractivity (Wildman–Crippen MR) is 77.4 cm³/mol. The summed E-state index contributed by atoms with van der Waals surface area (Å²) in [5, 5.41) is 3.09. The van der Waals surface area contributed by atoms with E-state index in [-0.39, 0.29) is 12.1 Å². The Balaban J connectivity index is 1.64. The van der Waals surface area contributed by atoms with Gasteiger partial charge in [0.25, 0.3) is 0 Å². The fourth-order valence-electron chi connectivity index (χ4n) is 2.86. The third-order valence-electron chi connectivity index (χ3n) is 4.45. The van der Waals surface area contributed by atoms with E-state index < -0.39 is 0 Å². The third-order valence-corrected chi connectivity index (χ3v) is 4.45. The Labute approximate surface area is 120 Å². The van der Waals surface area contributed by atoms with Crippen molar-refractivity contribution in [3.8, 4) is 0 Å². The molecule has 2 amide bonds.